The van der Waals surface area contributed by atoms with Gasteiger partial charge in [-0.25, -0.2) is 5.12 Å². The third kappa shape index (κ3) is 5.82. The average molecular weight is 370 g/mol. The van der Waals surface area contributed by atoms with Crippen LogP contribution in [0, 0.1) is 0 Å². The first-order chi connectivity index (χ1) is 13.0. The number of halogens is 1. The van der Waals surface area contributed by atoms with Crippen LogP contribution < -0.4 is 0 Å². The minimum atomic E-state index is -0.0604. The van der Waals surface area contributed by atoms with Crippen LogP contribution >= 0.6 is 0 Å². The molecule has 1 aliphatic rings. The van der Waals surface area contributed by atoms with Gasteiger partial charge < -0.3 is 0 Å². The Morgan fingerprint density at radius 2 is 1.85 bits per heavy atom. The molecule has 1 aromatic carbocycles. The van der Waals surface area contributed by atoms with E-state index < -0.39 is 0 Å². The molecular weight excluding hydrogens is 333 g/mol. The van der Waals surface area contributed by atoms with Crippen molar-refractivity contribution in [2.75, 3.05) is 0 Å². The summed E-state index contributed by atoms with van der Waals surface area (Å²) in [6.45, 7) is 10.6. The molecule has 0 bridgehead atoms. The zero-order valence-corrected chi connectivity index (χ0v) is 17.8. The highest BCUT2D eigenvalue weighted by Gasteiger charge is 2.27. The molecule has 0 aliphatic heterocycles. The maximum atomic E-state index is 15.7. The summed E-state index contributed by atoms with van der Waals surface area (Å²) in [5.74, 6) is 0. The normalized spacial score (nSPS) is 18.8. The van der Waals surface area contributed by atoms with Gasteiger partial charge in [0.05, 0.1) is 6.04 Å². The van der Waals surface area contributed by atoms with Crippen LogP contribution in [0.3, 0.4) is 0 Å². The molecule has 0 radical (unpaired) electrons. The Bertz CT molecular complexity index is 711. The van der Waals surface area contributed by atoms with Crippen LogP contribution in [-0.4, -0.2) is 11.2 Å². The summed E-state index contributed by atoms with van der Waals surface area (Å²) in [6, 6.07) is 8.43. The number of aryl methyl sites for hydroxylation is 1. The first kappa shape index (κ1) is 21.5. The van der Waals surface area contributed by atoms with Crippen molar-refractivity contribution in [1.29, 1.82) is 0 Å². The fourth-order valence-corrected chi connectivity index (χ4v) is 3.75. The van der Waals surface area contributed by atoms with E-state index in [-0.39, 0.29) is 6.04 Å². The third-order valence-corrected chi connectivity index (χ3v) is 5.91. The van der Waals surface area contributed by atoms with Gasteiger partial charge in [-0.3, -0.25) is 0 Å². The number of rotatable bonds is 8. The van der Waals surface area contributed by atoms with E-state index in [0.717, 1.165) is 61.3 Å². The molecule has 1 atom stereocenters. The van der Waals surface area contributed by atoms with Crippen molar-refractivity contribution in [2.45, 2.75) is 85.6 Å². The van der Waals surface area contributed by atoms with E-state index in [1.165, 1.54) is 22.3 Å². The van der Waals surface area contributed by atoms with Crippen molar-refractivity contribution in [1.82, 2.24) is 5.12 Å². The van der Waals surface area contributed by atoms with Crippen molar-refractivity contribution in [3.8, 4) is 0 Å². The number of fused-ring (bicyclic) bond motifs is 1. The lowest BCUT2D eigenvalue weighted by atomic mass is 9.87. The van der Waals surface area contributed by atoms with Crippen LogP contribution in [0.1, 0.15) is 77.8 Å². The fraction of sp³-hybridized carbons (Fsp3) is 0.520. The highest BCUT2D eigenvalue weighted by Crippen LogP contribution is 2.31. The molecule has 0 fully saturated rings. The SMILES string of the molecule is C/C=C(/C)CC/C(=C(C)\C(C)=C/CCC)N(F)[C@H]1CCc2ccccc2C1. The predicted octanol–water partition coefficient (Wildman–Crippen LogP) is 7.50. The Labute approximate surface area is 165 Å². The van der Waals surface area contributed by atoms with E-state index in [4.69, 9.17) is 0 Å². The maximum absolute atomic E-state index is 15.7. The van der Waals surface area contributed by atoms with Crippen molar-refractivity contribution in [3.63, 3.8) is 0 Å². The van der Waals surface area contributed by atoms with Gasteiger partial charge in [0.25, 0.3) is 0 Å². The molecule has 0 saturated heterocycles. The molecule has 148 valence electrons. The van der Waals surface area contributed by atoms with E-state index in [1.54, 1.807) is 0 Å². The lowest BCUT2D eigenvalue weighted by Gasteiger charge is -2.33. The molecule has 0 heterocycles. The first-order valence-electron chi connectivity index (χ1n) is 10.5. The Morgan fingerprint density at radius 3 is 2.52 bits per heavy atom. The Morgan fingerprint density at radius 1 is 1.15 bits per heavy atom. The van der Waals surface area contributed by atoms with Crippen molar-refractivity contribution < 1.29 is 4.48 Å². The molecule has 0 spiro atoms. The van der Waals surface area contributed by atoms with E-state index in [0.29, 0.717) is 0 Å². The maximum Gasteiger partial charge on any atom is 0.0655 e. The molecule has 2 rings (SSSR count). The second kappa shape index (κ2) is 10.5. The molecule has 0 aromatic heterocycles. The summed E-state index contributed by atoms with van der Waals surface area (Å²) in [5, 5.41) is 1.11. The Kier molecular flexibility index (Phi) is 8.34. The molecule has 1 nitrogen and oxygen atoms in total. The molecule has 1 aromatic rings. The van der Waals surface area contributed by atoms with Crippen LogP contribution in [0.4, 0.5) is 4.48 Å². The second-order valence-corrected chi connectivity index (χ2v) is 7.86. The molecule has 0 N–H and O–H groups in total. The highest BCUT2D eigenvalue weighted by molar-refractivity contribution is 5.34. The predicted molar refractivity (Wildman–Crippen MR) is 115 cm³/mol. The number of unbranched alkanes of at least 4 members (excludes halogenated alkanes) is 1. The van der Waals surface area contributed by atoms with Crippen LogP contribution in [0.15, 0.2) is 58.8 Å². The summed E-state index contributed by atoms with van der Waals surface area (Å²) in [5.41, 5.74) is 7.19. The van der Waals surface area contributed by atoms with Gasteiger partial charge in [-0.05, 0) is 82.9 Å². The van der Waals surface area contributed by atoms with Crippen molar-refractivity contribution >= 4 is 0 Å². The zero-order chi connectivity index (χ0) is 19.8. The number of allylic oxidation sites excluding steroid dienone is 6. The smallest absolute Gasteiger partial charge is 0.0655 e. The molecule has 2 heteroatoms. The number of hydrogen-bond donors (Lipinski definition) is 0. The fourth-order valence-electron chi connectivity index (χ4n) is 3.75. The third-order valence-electron chi connectivity index (χ3n) is 5.91. The van der Waals surface area contributed by atoms with Gasteiger partial charge in [-0.2, -0.15) is 0 Å². The lowest BCUT2D eigenvalue weighted by Crippen LogP contribution is -2.34. The summed E-state index contributed by atoms with van der Waals surface area (Å²) in [7, 11) is 0. The zero-order valence-electron chi connectivity index (χ0n) is 17.8. The molecule has 27 heavy (non-hydrogen) atoms. The van der Waals surface area contributed by atoms with Gasteiger partial charge in [-0.1, -0.05) is 65.4 Å². The summed E-state index contributed by atoms with van der Waals surface area (Å²) in [4.78, 5) is 0. The Balaban J connectivity index is 2.26. The van der Waals surface area contributed by atoms with Gasteiger partial charge >= 0.3 is 0 Å². The van der Waals surface area contributed by atoms with Crippen LogP contribution in [-0.2, 0) is 12.8 Å². The van der Waals surface area contributed by atoms with Gasteiger partial charge in [0.15, 0.2) is 0 Å². The van der Waals surface area contributed by atoms with E-state index in [9.17, 15) is 0 Å². The standard InChI is InChI=1S/C25H36FN/c1-6-8-11-20(4)21(5)25(17-14-19(3)7-2)27(26)24-16-15-22-12-9-10-13-23(22)18-24/h7,9-13,24H,6,8,14-18H2,1-5H3/b19-7-,20-11-,25-21+/t24-/m0/s1. The van der Waals surface area contributed by atoms with Crippen LogP contribution in [0.5, 0.6) is 0 Å². The molecule has 0 unspecified atom stereocenters. The second-order valence-electron chi connectivity index (χ2n) is 7.86. The minimum absolute atomic E-state index is 0.0604. The van der Waals surface area contributed by atoms with Gasteiger partial charge in [0, 0.05) is 5.70 Å². The van der Waals surface area contributed by atoms with E-state index in [1.807, 2.05) is 0 Å². The van der Waals surface area contributed by atoms with Crippen molar-refractivity contribution in [3.05, 3.63) is 70.0 Å². The Hall–Kier alpha value is -1.83. The molecule has 0 amide bonds. The minimum Gasteiger partial charge on any atom is -0.212 e. The summed E-state index contributed by atoms with van der Waals surface area (Å²) < 4.78 is 15.7. The largest absolute Gasteiger partial charge is 0.212 e. The highest BCUT2D eigenvalue weighted by atomic mass is 19.2. The number of hydrogen-bond acceptors (Lipinski definition) is 1. The van der Waals surface area contributed by atoms with Crippen LogP contribution in [0.2, 0.25) is 0 Å². The lowest BCUT2D eigenvalue weighted by molar-refractivity contribution is 0.00767. The monoisotopic (exact) mass is 369 g/mol. The number of benzene rings is 1. The first-order valence-corrected chi connectivity index (χ1v) is 10.5. The molecule has 0 saturated carbocycles. The van der Waals surface area contributed by atoms with Crippen molar-refractivity contribution in [2.24, 2.45) is 0 Å². The number of nitrogens with zero attached hydrogens (tertiary/aromatic N) is 1. The van der Waals surface area contributed by atoms with Gasteiger partial charge in [-0.15, -0.1) is 0 Å². The van der Waals surface area contributed by atoms with E-state index in [2.05, 4.69) is 71.0 Å². The summed E-state index contributed by atoms with van der Waals surface area (Å²) in [6.07, 6.45) is 10.9. The quantitative estimate of drug-likeness (QED) is 0.260. The van der Waals surface area contributed by atoms with Gasteiger partial charge in [0.1, 0.15) is 0 Å². The molecule has 1 aliphatic carbocycles. The van der Waals surface area contributed by atoms with Crippen LogP contribution in [0.25, 0.3) is 0 Å². The average Bonchev–Trinajstić information content (AvgIpc) is 2.70. The van der Waals surface area contributed by atoms with Gasteiger partial charge in [0.2, 0.25) is 0 Å². The topological polar surface area (TPSA) is 3.24 Å². The van der Waals surface area contributed by atoms with E-state index >= 15 is 4.48 Å². The summed E-state index contributed by atoms with van der Waals surface area (Å²) >= 11 is 0. The molecular formula is C25H36FN.